The molecule has 106 valence electrons. The van der Waals surface area contributed by atoms with Gasteiger partial charge in [-0.3, -0.25) is 9.59 Å². The molecule has 0 bridgehead atoms. The molecule has 19 heavy (non-hydrogen) atoms. The molecular formula is C13H20N2O3S. The van der Waals surface area contributed by atoms with E-state index in [1.165, 1.54) is 16.2 Å². The monoisotopic (exact) mass is 284 g/mol. The van der Waals surface area contributed by atoms with Gasteiger partial charge in [-0.05, 0) is 6.42 Å². The number of hydrogen-bond acceptors (Lipinski definition) is 4. The number of aliphatic carboxylic acids is 1. The van der Waals surface area contributed by atoms with Crippen LogP contribution >= 0.6 is 11.3 Å². The van der Waals surface area contributed by atoms with Gasteiger partial charge >= 0.3 is 5.97 Å². The summed E-state index contributed by atoms with van der Waals surface area (Å²) in [6, 6.07) is 0. The minimum Gasteiger partial charge on any atom is -0.480 e. The molecule has 6 heteroatoms. The van der Waals surface area contributed by atoms with Crippen molar-refractivity contribution in [2.24, 2.45) is 0 Å². The molecule has 0 saturated heterocycles. The van der Waals surface area contributed by atoms with Crippen molar-refractivity contribution in [2.45, 2.75) is 39.5 Å². The van der Waals surface area contributed by atoms with E-state index >= 15 is 0 Å². The van der Waals surface area contributed by atoms with E-state index in [1.807, 2.05) is 27.7 Å². The molecule has 0 radical (unpaired) electrons. The Morgan fingerprint density at radius 3 is 2.53 bits per heavy atom. The molecule has 0 spiro atoms. The lowest BCUT2D eigenvalue weighted by atomic mass is 9.91. The van der Waals surface area contributed by atoms with Crippen LogP contribution in [-0.2, 0) is 10.2 Å². The Hall–Kier alpha value is -1.43. The highest BCUT2D eigenvalue weighted by Crippen LogP contribution is 2.28. The zero-order valence-electron chi connectivity index (χ0n) is 11.8. The number of carbonyl (C=O) groups excluding carboxylic acids is 1. The van der Waals surface area contributed by atoms with Crippen LogP contribution in [-0.4, -0.2) is 40.0 Å². The Labute approximate surface area is 117 Å². The van der Waals surface area contributed by atoms with E-state index in [1.54, 1.807) is 5.51 Å². The van der Waals surface area contributed by atoms with E-state index in [0.29, 0.717) is 11.4 Å². The quantitative estimate of drug-likeness (QED) is 0.901. The first-order valence-corrected chi connectivity index (χ1v) is 7.10. The Kier molecular flexibility index (Phi) is 5.05. The topological polar surface area (TPSA) is 70.5 Å². The van der Waals surface area contributed by atoms with Gasteiger partial charge in [-0.25, -0.2) is 4.98 Å². The van der Waals surface area contributed by atoms with Crippen LogP contribution in [0.1, 0.15) is 49.5 Å². The lowest BCUT2D eigenvalue weighted by molar-refractivity contribution is -0.137. The van der Waals surface area contributed by atoms with E-state index < -0.39 is 5.97 Å². The lowest BCUT2D eigenvalue weighted by Gasteiger charge is -2.22. The minimum absolute atomic E-state index is 0.230. The van der Waals surface area contributed by atoms with Gasteiger partial charge in [-0.2, -0.15) is 0 Å². The number of hydrogen-bond donors (Lipinski definition) is 1. The first kappa shape index (κ1) is 15.6. The second kappa shape index (κ2) is 6.14. The molecule has 1 rings (SSSR count). The fourth-order valence-electron chi connectivity index (χ4n) is 1.76. The highest BCUT2D eigenvalue weighted by atomic mass is 32.1. The molecule has 0 fully saturated rings. The maximum Gasteiger partial charge on any atom is 0.323 e. The Bertz CT molecular complexity index is 463. The van der Waals surface area contributed by atoms with Crippen molar-refractivity contribution in [3.8, 4) is 0 Å². The maximum absolute atomic E-state index is 12.4. The highest BCUT2D eigenvalue weighted by molar-refractivity contribution is 7.11. The molecule has 1 aromatic rings. The third kappa shape index (κ3) is 4.02. The van der Waals surface area contributed by atoms with Crippen LogP contribution < -0.4 is 0 Å². The average Bonchev–Trinajstić information content (AvgIpc) is 2.75. The first-order valence-electron chi connectivity index (χ1n) is 6.22. The van der Waals surface area contributed by atoms with Crippen molar-refractivity contribution >= 4 is 23.2 Å². The molecule has 0 aromatic carbocycles. The average molecular weight is 284 g/mol. The molecule has 0 aliphatic rings. The van der Waals surface area contributed by atoms with Gasteiger partial charge in [0.1, 0.15) is 11.4 Å². The van der Waals surface area contributed by atoms with Gasteiger partial charge in [0.25, 0.3) is 5.91 Å². The molecule has 5 nitrogen and oxygen atoms in total. The second-order valence-electron chi connectivity index (χ2n) is 5.40. The predicted octanol–water partition coefficient (Wildman–Crippen LogP) is 2.38. The van der Waals surface area contributed by atoms with E-state index in [4.69, 9.17) is 5.11 Å². The van der Waals surface area contributed by atoms with Gasteiger partial charge in [0.2, 0.25) is 0 Å². The van der Waals surface area contributed by atoms with Gasteiger partial charge in [0.05, 0.1) is 11.2 Å². The van der Waals surface area contributed by atoms with Crippen molar-refractivity contribution in [3.05, 3.63) is 16.1 Å². The predicted molar refractivity (Wildman–Crippen MR) is 74.6 cm³/mol. The van der Waals surface area contributed by atoms with Crippen LogP contribution in [0.15, 0.2) is 5.51 Å². The van der Waals surface area contributed by atoms with Crippen LogP contribution in [0.4, 0.5) is 0 Å². The fraction of sp³-hybridized carbons (Fsp3) is 0.615. The summed E-state index contributed by atoms with van der Waals surface area (Å²) in [4.78, 5) is 29.4. The van der Waals surface area contributed by atoms with Crippen LogP contribution in [0.3, 0.4) is 0 Å². The SMILES string of the molecule is CCCN(CC(=O)O)C(=O)c1scnc1C(C)(C)C. The summed E-state index contributed by atoms with van der Waals surface area (Å²) < 4.78 is 0. The third-order valence-electron chi connectivity index (χ3n) is 2.58. The Morgan fingerprint density at radius 2 is 2.05 bits per heavy atom. The molecule has 0 atom stereocenters. The maximum atomic E-state index is 12.4. The van der Waals surface area contributed by atoms with Gasteiger partial charge in [-0.15, -0.1) is 11.3 Å². The molecule has 1 N–H and O–H groups in total. The molecule has 0 saturated carbocycles. The molecule has 1 heterocycles. The number of thiazole rings is 1. The largest absolute Gasteiger partial charge is 0.480 e. The normalized spacial score (nSPS) is 11.4. The minimum atomic E-state index is -0.997. The van der Waals surface area contributed by atoms with E-state index in [-0.39, 0.29) is 17.9 Å². The van der Waals surface area contributed by atoms with Crippen molar-refractivity contribution in [3.63, 3.8) is 0 Å². The highest BCUT2D eigenvalue weighted by Gasteiger charge is 2.28. The van der Waals surface area contributed by atoms with Gasteiger partial charge in [-0.1, -0.05) is 27.7 Å². The summed E-state index contributed by atoms with van der Waals surface area (Å²) in [5.74, 6) is -1.24. The zero-order valence-corrected chi connectivity index (χ0v) is 12.6. The number of aromatic nitrogens is 1. The standard InChI is InChI=1S/C13H20N2O3S/c1-5-6-15(7-9(16)17)12(18)10-11(13(2,3)4)14-8-19-10/h8H,5-7H2,1-4H3,(H,16,17). The molecule has 1 amide bonds. The number of amides is 1. The number of carboxylic acid groups (broad SMARTS) is 1. The van der Waals surface area contributed by atoms with Gasteiger partial charge < -0.3 is 10.0 Å². The zero-order chi connectivity index (χ0) is 14.6. The molecule has 1 aromatic heterocycles. The summed E-state index contributed by atoms with van der Waals surface area (Å²) in [5.41, 5.74) is 2.14. The van der Waals surface area contributed by atoms with Crippen LogP contribution in [0, 0.1) is 0 Å². The van der Waals surface area contributed by atoms with Crippen molar-refractivity contribution in [1.29, 1.82) is 0 Å². The number of carbonyl (C=O) groups is 2. The number of nitrogens with zero attached hydrogens (tertiary/aromatic N) is 2. The third-order valence-corrected chi connectivity index (χ3v) is 3.39. The Morgan fingerprint density at radius 1 is 1.42 bits per heavy atom. The summed E-state index contributed by atoms with van der Waals surface area (Å²) in [5, 5.41) is 8.88. The number of rotatable bonds is 5. The van der Waals surface area contributed by atoms with Crippen LogP contribution in [0.5, 0.6) is 0 Å². The summed E-state index contributed by atoms with van der Waals surface area (Å²) >= 11 is 1.27. The smallest absolute Gasteiger partial charge is 0.323 e. The van der Waals surface area contributed by atoms with Gasteiger partial charge in [0.15, 0.2) is 0 Å². The molecular weight excluding hydrogens is 264 g/mol. The number of carboxylic acids is 1. The van der Waals surface area contributed by atoms with E-state index in [2.05, 4.69) is 4.98 Å². The van der Waals surface area contributed by atoms with Crippen LogP contribution in [0.25, 0.3) is 0 Å². The molecule has 0 unspecified atom stereocenters. The van der Waals surface area contributed by atoms with E-state index in [0.717, 1.165) is 12.1 Å². The van der Waals surface area contributed by atoms with Crippen LogP contribution in [0.2, 0.25) is 0 Å². The Balaban J connectivity index is 3.03. The molecule has 0 aliphatic carbocycles. The van der Waals surface area contributed by atoms with Crippen molar-refractivity contribution in [2.75, 3.05) is 13.1 Å². The summed E-state index contributed by atoms with van der Waals surface area (Å²) in [6.07, 6.45) is 0.725. The van der Waals surface area contributed by atoms with E-state index in [9.17, 15) is 9.59 Å². The van der Waals surface area contributed by atoms with Crippen molar-refractivity contribution < 1.29 is 14.7 Å². The second-order valence-corrected chi connectivity index (χ2v) is 6.26. The summed E-state index contributed by atoms with van der Waals surface area (Å²) in [7, 11) is 0. The van der Waals surface area contributed by atoms with Crippen molar-refractivity contribution in [1.82, 2.24) is 9.88 Å². The fourth-order valence-corrected chi connectivity index (χ4v) is 2.73. The first-order chi connectivity index (χ1) is 8.77. The summed E-state index contributed by atoms with van der Waals surface area (Å²) in [6.45, 7) is 8.04. The van der Waals surface area contributed by atoms with Gasteiger partial charge in [0, 0.05) is 12.0 Å². The lowest BCUT2D eigenvalue weighted by Crippen LogP contribution is -2.37. The molecule has 0 aliphatic heterocycles.